The number of carbonyl (C=O) groups excluding carboxylic acids is 2. The summed E-state index contributed by atoms with van der Waals surface area (Å²) in [4.78, 5) is 32.1. The summed E-state index contributed by atoms with van der Waals surface area (Å²) in [7, 11) is 0. The maximum Gasteiger partial charge on any atom is 0.224 e. The molecule has 1 aromatic carbocycles. The van der Waals surface area contributed by atoms with E-state index >= 15 is 0 Å². The van der Waals surface area contributed by atoms with E-state index in [0.29, 0.717) is 18.8 Å². The predicted octanol–water partition coefficient (Wildman–Crippen LogP) is 4.35. The van der Waals surface area contributed by atoms with Crippen molar-refractivity contribution in [2.45, 2.75) is 52.4 Å². The summed E-state index contributed by atoms with van der Waals surface area (Å²) >= 11 is 1.63. The molecule has 1 aromatic heterocycles. The van der Waals surface area contributed by atoms with E-state index in [-0.39, 0.29) is 11.8 Å². The van der Waals surface area contributed by atoms with Crippen molar-refractivity contribution in [2.24, 2.45) is 5.92 Å². The van der Waals surface area contributed by atoms with E-state index in [2.05, 4.69) is 10.3 Å². The van der Waals surface area contributed by atoms with Crippen LogP contribution in [-0.4, -0.2) is 34.8 Å². The minimum Gasteiger partial charge on any atom is -0.343 e. The average Bonchev–Trinajstić information content (AvgIpc) is 3.10. The van der Waals surface area contributed by atoms with Gasteiger partial charge in [0.15, 0.2) is 0 Å². The summed E-state index contributed by atoms with van der Waals surface area (Å²) in [6, 6.07) is 7.87. The molecule has 2 heterocycles. The van der Waals surface area contributed by atoms with Gasteiger partial charge in [-0.15, -0.1) is 11.3 Å². The van der Waals surface area contributed by atoms with Crippen LogP contribution in [0.2, 0.25) is 0 Å². The topological polar surface area (TPSA) is 62.3 Å². The zero-order chi connectivity index (χ0) is 19.9. The molecule has 0 aliphatic carbocycles. The van der Waals surface area contributed by atoms with Gasteiger partial charge in [0, 0.05) is 36.5 Å². The number of carbonyl (C=O) groups is 2. The maximum absolute atomic E-state index is 12.5. The molecule has 28 heavy (non-hydrogen) atoms. The average molecular weight is 400 g/mol. The monoisotopic (exact) mass is 399 g/mol. The number of thiazole rings is 1. The quantitative estimate of drug-likeness (QED) is 0.753. The van der Waals surface area contributed by atoms with Crippen molar-refractivity contribution in [1.29, 1.82) is 0 Å². The molecule has 1 aliphatic heterocycles. The van der Waals surface area contributed by atoms with Crippen LogP contribution < -0.4 is 5.32 Å². The van der Waals surface area contributed by atoms with Crippen molar-refractivity contribution >= 4 is 28.8 Å². The number of nitrogens with one attached hydrogen (secondary N) is 1. The van der Waals surface area contributed by atoms with Gasteiger partial charge in [-0.3, -0.25) is 9.59 Å². The molecule has 0 unspecified atom stereocenters. The normalized spacial score (nSPS) is 14.9. The van der Waals surface area contributed by atoms with Crippen molar-refractivity contribution in [2.75, 3.05) is 18.4 Å². The molecule has 0 bridgehead atoms. The number of nitrogens with zero attached hydrogens (tertiary/aromatic N) is 2. The number of anilines is 1. The molecule has 3 rings (SSSR count). The Morgan fingerprint density at radius 2 is 2.00 bits per heavy atom. The number of likely N-dealkylation sites (tertiary alicyclic amines) is 1. The van der Waals surface area contributed by atoms with Gasteiger partial charge in [-0.1, -0.05) is 12.1 Å². The highest BCUT2D eigenvalue weighted by Gasteiger charge is 2.23. The molecule has 2 amide bonds. The van der Waals surface area contributed by atoms with Crippen LogP contribution in [0.25, 0.3) is 0 Å². The Bertz CT molecular complexity index is 810. The van der Waals surface area contributed by atoms with Crippen LogP contribution in [0.3, 0.4) is 0 Å². The third-order valence-electron chi connectivity index (χ3n) is 5.46. The number of hydrogen-bond acceptors (Lipinski definition) is 4. The minimum absolute atomic E-state index is 0.0732. The Balaban J connectivity index is 1.35. The van der Waals surface area contributed by atoms with Crippen LogP contribution in [0.4, 0.5) is 5.69 Å². The van der Waals surface area contributed by atoms with Crippen LogP contribution in [-0.2, 0) is 16.0 Å². The summed E-state index contributed by atoms with van der Waals surface area (Å²) in [5, 5.41) is 2.98. The molecule has 2 aromatic rings. The lowest BCUT2D eigenvalue weighted by molar-refractivity contribution is -0.132. The van der Waals surface area contributed by atoms with E-state index in [1.165, 1.54) is 4.88 Å². The third kappa shape index (κ3) is 5.89. The molecule has 0 atom stereocenters. The number of aryl methyl sites for hydroxylation is 3. The first-order chi connectivity index (χ1) is 13.5. The minimum atomic E-state index is 0.0732. The number of aromatic nitrogens is 1. The molecule has 1 N–H and O–H groups in total. The smallest absolute Gasteiger partial charge is 0.224 e. The predicted molar refractivity (Wildman–Crippen MR) is 114 cm³/mol. The lowest BCUT2D eigenvalue weighted by Gasteiger charge is -2.32. The van der Waals surface area contributed by atoms with E-state index < -0.39 is 0 Å². The second-order valence-electron chi connectivity index (χ2n) is 7.64. The second-order valence-corrected chi connectivity index (χ2v) is 8.58. The molecule has 150 valence electrons. The number of piperidine rings is 1. The standard InChI is InChI=1S/C22H29N3O2S/c1-16-4-3-5-19(14-16)24-21(26)8-6-18-10-12-25(13-11-18)22(27)9-7-20-17(2)23-15-28-20/h3-5,14-15,18H,6-13H2,1-2H3,(H,24,26). The molecule has 5 nitrogen and oxygen atoms in total. The fourth-order valence-electron chi connectivity index (χ4n) is 3.70. The molecule has 1 fully saturated rings. The fraction of sp³-hybridized carbons (Fsp3) is 0.500. The molecule has 0 spiro atoms. The molecule has 0 saturated carbocycles. The number of rotatable bonds is 7. The van der Waals surface area contributed by atoms with Crippen molar-refractivity contribution < 1.29 is 9.59 Å². The second kappa shape index (κ2) is 9.82. The largest absolute Gasteiger partial charge is 0.343 e. The van der Waals surface area contributed by atoms with Crippen LogP contribution in [0, 0.1) is 19.8 Å². The Morgan fingerprint density at radius 3 is 2.68 bits per heavy atom. The van der Waals surface area contributed by atoms with E-state index in [1.54, 1.807) is 11.3 Å². The lowest BCUT2D eigenvalue weighted by atomic mass is 9.92. The van der Waals surface area contributed by atoms with Gasteiger partial charge in [0.25, 0.3) is 0 Å². The van der Waals surface area contributed by atoms with Gasteiger partial charge in [-0.05, 0) is 63.1 Å². The zero-order valence-corrected chi connectivity index (χ0v) is 17.6. The SMILES string of the molecule is Cc1cccc(NC(=O)CCC2CCN(C(=O)CCc3scnc3C)CC2)c1. The fourth-order valence-corrected chi connectivity index (χ4v) is 4.48. The Labute approximate surface area is 171 Å². The van der Waals surface area contributed by atoms with Crippen molar-refractivity contribution in [3.05, 3.63) is 45.9 Å². The summed E-state index contributed by atoms with van der Waals surface area (Å²) < 4.78 is 0. The Morgan fingerprint density at radius 1 is 1.21 bits per heavy atom. The lowest BCUT2D eigenvalue weighted by Crippen LogP contribution is -2.38. The molecule has 0 radical (unpaired) electrons. The Kier molecular flexibility index (Phi) is 7.20. The highest BCUT2D eigenvalue weighted by molar-refractivity contribution is 7.09. The number of benzene rings is 1. The van der Waals surface area contributed by atoms with E-state index in [9.17, 15) is 9.59 Å². The van der Waals surface area contributed by atoms with E-state index in [1.807, 2.05) is 48.5 Å². The van der Waals surface area contributed by atoms with Crippen molar-refractivity contribution in [1.82, 2.24) is 9.88 Å². The number of hydrogen-bond donors (Lipinski definition) is 1. The van der Waals surface area contributed by atoms with Crippen LogP contribution in [0.1, 0.15) is 48.2 Å². The first-order valence-corrected chi connectivity index (χ1v) is 10.9. The van der Waals surface area contributed by atoms with Gasteiger partial charge < -0.3 is 10.2 Å². The zero-order valence-electron chi connectivity index (χ0n) is 16.7. The summed E-state index contributed by atoms with van der Waals surface area (Å²) in [6.07, 6.45) is 4.75. The van der Waals surface area contributed by atoms with E-state index in [4.69, 9.17) is 0 Å². The van der Waals surface area contributed by atoms with Gasteiger partial charge in [0.2, 0.25) is 11.8 Å². The maximum atomic E-state index is 12.5. The third-order valence-corrected chi connectivity index (χ3v) is 6.45. The van der Waals surface area contributed by atoms with Gasteiger partial charge in [-0.2, -0.15) is 0 Å². The van der Waals surface area contributed by atoms with Gasteiger partial charge in [0.1, 0.15) is 0 Å². The molecular weight excluding hydrogens is 370 g/mol. The van der Waals surface area contributed by atoms with Crippen LogP contribution >= 0.6 is 11.3 Å². The van der Waals surface area contributed by atoms with Crippen molar-refractivity contribution in [3.63, 3.8) is 0 Å². The van der Waals surface area contributed by atoms with Gasteiger partial charge in [-0.25, -0.2) is 4.98 Å². The van der Waals surface area contributed by atoms with Crippen LogP contribution in [0.5, 0.6) is 0 Å². The van der Waals surface area contributed by atoms with Crippen molar-refractivity contribution in [3.8, 4) is 0 Å². The first-order valence-electron chi connectivity index (χ1n) is 10.0. The Hall–Kier alpha value is -2.21. The van der Waals surface area contributed by atoms with E-state index in [0.717, 1.165) is 55.7 Å². The summed E-state index contributed by atoms with van der Waals surface area (Å²) in [5.41, 5.74) is 4.89. The molecule has 6 heteroatoms. The van der Waals surface area contributed by atoms with Gasteiger partial charge in [0.05, 0.1) is 11.2 Å². The first kappa shape index (κ1) is 20.5. The summed E-state index contributed by atoms with van der Waals surface area (Å²) in [6.45, 7) is 5.63. The van der Waals surface area contributed by atoms with Gasteiger partial charge >= 0.3 is 0 Å². The highest BCUT2D eigenvalue weighted by Crippen LogP contribution is 2.23. The van der Waals surface area contributed by atoms with Crippen LogP contribution in [0.15, 0.2) is 29.8 Å². The number of amides is 2. The molecular formula is C22H29N3O2S. The summed E-state index contributed by atoms with van der Waals surface area (Å²) in [5.74, 6) is 0.837. The molecule has 1 aliphatic rings. The highest BCUT2D eigenvalue weighted by atomic mass is 32.1. The molecule has 1 saturated heterocycles.